The van der Waals surface area contributed by atoms with Gasteiger partial charge in [0.2, 0.25) is 5.91 Å². The maximum atomic E-state index is 12.2. The highest BCUT2D eigenvalue weighted by molar-refractivity contribution is 6.30. The molecule has 1 aliphatic rings. The number of halogens is 1. The van der Waals surface area contributed by atoms with Crippen LogP contribution in [-0.4, -0.2) is 43.6 Å². The van der Waals surface area contributed by atoms with Crippen LogP contribution in [0.1, 0.15) is 23.9 Å². The summed E-state index contributed by atoms with van der Waals surface area (Å²) in [4.78, 5) is 22.9. The molecule has 1 amide bonds. The van der Waals surface area contributed by atoms with Gasteiger partial charge in [-0.25, -0.2) is 9.97 Å². The van der Waals surface area contributed by atoms with Crippen molar-refractivity contribution < 1.29 is 4.79 Å². The summed E-state index contributed by atoms with van der Waals surface area (Å²) >= 11 is 5.80. The fourth-order valence-corrected chi connectivity index (χ4v) is 2.68. The molecule has 1 unspecified atom stereocenters. The van der Waals surface area contributed by atoms with E-state index in [1.54, 1.807) is 17.1 Å². The first kappa shape index (κ1) is 14.0. The van der Waals surface area contributed by atoms with Gasteiger partial charge in [0.15, 0.2) is 0 Å². The van der Waals surface area contributed by atoms with Gasteiger partial charge in [0.05, 0.1) is 11.2 Å². The molecular formula is C14H16ClN5O. The number of carbonyl (C=O) groups is 1. The molecule has 1 atom stereocenters. The predicted octanol–water partition coefficient (Wildman–Crippen LogP) is 1.65. The van der Waals surface area contributed by atoms with Crippen LogP contribution in [0, 0.1) is 6.92 Å². The fourth-order valence-electron chi connectivity index (χ4n) is 2.53. The molecule has 0 spiro atoms. The molecule has 21 heavy (non-hydrogen) atoms. The number of rotatable bonds is 3. The molecule has 1 aliphatic heterocycles. The number of aromatic nitrogens is 4. The molecule has 2 aromatic heterocycles. The Bertz CT molecular complexity index is 656. The Labute approximate surface area is 127 Å². The average molecular weight is 306 g/mol. The zero-order valence-corrected chi connectivity index (χ0v) is 12.5. The van der Waals surface area contributed by atoms with E-state index in [0.717, 1.165) is 24.5 Å². The van der Waals surface area contributed by atoms with Crippen LogP contribution in [-0.2, 0) is 11.3 Å². The quantitative estimate of drug-likeness (QED) is 0.865. The highest BCUT2D eigenvalue weighted by atomic mass is 35.5. The highest BCUT2D eigenvalue weighted by Gasteiger charge is 2.29. The summed E-state index contributed by atoms with van der Waals surface area (Å²) in [6.45, 7) is 3.56. The van der Waals surface area contributed by atoms with Gasteiger partial charge in [-0.2, -0.15) is 5.10 Å². The molecule has 0 bridgehead atoms. The topological polar surface area (TPSA) is 63.9 Å². The lowest BCUT2D eigenvalue weighted by Gasteiger charge is -2.16. The smallest absolute Gasteiger partial charge is 0.244 e. The molecule has 0 saturated carbocycles. The Balaban J connectivity index is 1.62. The second kappa shape index (κ2) is 5.81. The van der Waals surface area contributed by atoms with Gasteiger partial charge in [-0.3, -0.25) is 9.48 Å². The minimum atomic E-state index is 0.0462. The van der Waals surface area contributed by atoms with Crippen molar-refractivity contribution in [1.29, 1.82) is 0 Å². The zero-order chi connectivity index (χ0) is 14.8. The number of nitrogens with zero attached hydrogens (tertiary/aromatic N) is 5. The first-order valence-electron chi connectivity index (χ1n) is 6.87. The summed E-state index contributed by atoms with van der Waals surface area (Å²) in [5.41, 5.74) is 0.955. The second-order valence-electron chi connectivity index (χ2n) is 5.24. The molecule has 7 heteroatoms. The van der Waals surface area contributed by atoms with Crippen molar-refractivity contribution in [2.75, 3.05) is 13.1 Å². The van der Waals surface area contributed by atoms with Gasteiger partial charge >= 0.3 is 0 Å². The van der Waals surface area contributed by atoms with Crippen molar-refractivity contribution in [3.8, 4) is 0 Å². The van der Waals surface area contributed by atoms with Gasteiger partial charge in [-0.15, -0.1) is 0 Å². The standard InChI is InChI=1S/C14H16ClN5O/c1-10-2-4-16-14(18-10)11-3-5-19(7-11)13(21)9-20-8-12(15)6-17-20/h2,4,6,8,11H,3,5,7,9H2,1H3. The number of aryl methyl sites for hydroxylation is 1. The Kier molecular flexibility index (Phi) is 3.88. The lowest BCUT2D eigenvalue weighted by Crippen LogP contribution is -2.32. The Morgan fingerprint density at radius 2 is 2.38 bits per heavy atom. The van der Waals surface area contributed by atoms with Crippen molar-refractivity contribution in [3.63, 3.8) is 0 Å². The van der Waals surface area contributed by atoms with E-state index in [9.17, 15) is 4.79 Å². The molecule has 0 N–H and O–H groups in total. The van der Waals surface area contributed by atoms with Crippen molar-refractivity contribution in [1.82, 2.24) is 24.6 Å². The minimum absolute atomic E-state index is 0.0462. The van der Waals surface area contributed by atoms with E-state index in [-0.39, 0.29) is 18.4 Å². The van der Waals surface area contributed by atoms with E-state index in [1.165, 1.54) is 6.20 Å². The third-order valence-electron chi connectivity index (χ3n) is 3.62. The van der Waals surface area contributed by atoms with Crippen LogP contribution in [0.3, 0.4) is 0 Å². The molecule has 0 aliphatic carbocycles. The SMILES string of the molecule is Cc1ccnc(C2CCN(C(=O)Cn3cc(Cl)cn3)C2)n1. The maximum absolute atomic E-state index is 12.2. The third-order valence-corrected chi connectivity index (χ3v) is 3.81. The molecule has 0 radical (unpaired) electrons. The predicted molar refractivity (Wildman–Crippen MR) is 77.9 cm³/mol. The largest absolute Gasteiger partial charge is 0.340 e. The normalized spacial score (nSPS) is 18.2. The number of carbonyl (C=O) groups excluding carboxylic acids is 1. The van der Waals surface area contributed by atoms with Gasteiger partial charge in [0.25, 0.3) is 0 Å². The summed E-state index contributed by atoms with van der Waals surface area (Å²) in [6, 6.07) is 1.88. The number of amides is 1. The molecule has 1 saturated heterocycles. The Morgan fingerprint density at radius 1 is 1.52 bits per heavy atom. The van der Waals surface area contributed by atoms with Crippen molar-refractivity contribution in [2.24, 2.45) is 0 Å². The van der Waals surface area contributed by atoms with E-state index in [0.29, 0.717) is 11.6 Å². The zero-order valence-electron chi connectivity index (χ0n) is 11.7. The Morgan fingerprint density at radius 3 is 3.10 bits per heavy atom. The first-order valence-corrected chi connectivity index (χ1v) is 7.25. The lowest BCUT2D eigenvalue weighted by molar-refractivity contribution is -0.131. The van der Waals surface area contributed by atoms with Crippen LogP contribution in [0.5, 0.6) is 0 Å². The molecule has 3 heterocycles. The summed E-state index contributed by atoms with van der Waals surface area (Å²) in [7, 11) is 0. The van der Waals surface area contributed by atoms with Crippen LogP contribution in [0.2, 0.25) is 5.02 Å². The van der Waals surface area contributed by atoms with Crippen molar-refractivity contribution >= 4 is 17.5 Å². The molecule has 1 fully saturated rings. The highest BCUT2D eigenvalue weighted by Crippen LogP contribution is 2.24. The van der Waals surface area contributed by atoms with E-state index in [1.807, 2.05) is 17.9 Å². The molecule has 2 aromatic rings. The fraction of sp³-hybridized carbons (Fsp3) is 0.429. The molecule has 3 rings (SSSR count). The Hall–Kier alpha value is -1.95. The van der Waals surface area contributed by atoms with Crippen LogP contribution >= 0.6 is 11.6 Å². The van der Waals surface area contributed by atoms with E-state index < -0.39 is 0 Å². The van der Waals surface area contributed by atoms with Gasteiger partial charge in [-0.1, -0.05) is 11.6 Å². The minimum Gasteiger partial charge on any atom is -0.340 e. The van der Waals surface area contributed by atoms with Crippen molar-refractivity contribution in [3.05, 3.63) is 41.2 Å². The second-order valence-corrected chi connectivity index (χ2v) is 5.67. The number of hydrogen-bond donors (Lipinski definition) is 0. The number of hydrogen-bond acceptors (Lipinski definition) is 4. The van der Waals surface area contributed by atoms with Gasteiger partial charge in [0, 0.05) is 37.1 Å². The van der Waals surface area contributed by atoms with E-state index >= 15 is 0 Å². The summed E-state index contributed by atoms with van der Waals surface area (Å²) in [5, 5.41) is 4.57. The van der Waals surface area contributed by atoms with Crippen LogP contribution in [0.4, 0.5) is 0 Å². The molecule has 6 nitrogen and oxygen atoms in total. The average Bonchev–Trinajstić information content (AvgIpc) is 3.08. The molecular weight excluding hydrogens is 290 g/mol. The van der Waals surface area contributed by atoms with Crippen molar-refractivity contribution in [2.45, 2.75) is 25.8 Å². The van der Waals surface area contributed by atoms with Crippen LogP contribution in [0.15, 0.2) is 24.7 Å². The van der Waals surface area contributed by atoms with Gasteiger partial charge < -0.3 is 4.90 Å². The summed E-state index contributed by atoms with van der Waals surface area (Å²) in [6.07, 6.45) is 5.85. The first-order chi connectivity index (χ1) is 10.1. The maximum Gasteiger partial charge on any atom is 0.244 e. The third kappa shape index (κ3) is 3.21. The summed E-state index contributed by atoms with van der Waals surface area (Å²) in [5.74, 6) is 1.09. The monoisotopic (exact) mass is 305 g/mol. The van der Waals surface area contributed by atoms with Gasteiger partial charge in [0.1, 0.15) is 12.4 Å². The van der Waals surface area contributed by atoms with E-state index in [2.05, 4.69) is 15.1 Å². The molecule has 110 valence electrons. The lowest BCUT2D eigenvalue weighted by atomic mass is 10.1. The molecule has 0 aromatic carbocycles. The summed E-state index contributed by atoms with van der Waals surface area (Å²) < 4.78 is 1.56. The van der Waals surface area contributed by atoms with E-state index in [4.69, 9.17) is 11.6 Å². The van der Waals surface area contributed by atoms with Crippen LogP contribution < -0.4 is 0 Å². The number of likely N-dealkylation sites (tertiary alicyclic amines) is 1. The van der Waals surface area contributed by atoms with Gasteiger partial charge in [-0.05, 0) is 19.4 Å². The van der Waals surface area contributed by atoms with Crippen LogP contribution in [0.25, 0.3) is 0 Å².